The Morgan fingerprint density at radius 1 is 1.23 bits per heavy atom. The van der Waals surface area contributed by atoms with Crippen molar-refractivity contribution in [1.82, 2.24) is 19.8 Å². The van der Waals surface area contributed by atoms with E-state index in [-0.39, 0.29) is 11.5 Å². The molecular weight excluding hydrogens is 568 g/mol. The van der Waals surface area contributed by atoms with Gasteiger partial charge in [-0.2, -0.15) is 15.2 Å². The van der Waals surface area contributed by atoms with E-state index in [1.807, 2.05) is 4.90 Å². The summed E-state index contributed by atoms with van der Waals surface area (Å²) in [6, 6.07) is 9.63. The molecule has 2 aromatic rings. The van der Waals surface area contributed by atoms with Gasteiger partial charge in [0.05, 0.1) is 18.2 Å². The van der Waals surface area contributed by atoms with Gasteiger partial charge in [-0.15, -0.1) is 0 Å². The highest BCUT2D eigenvalue weighted by molar-refractivity contribution is 9.10. The standard InChI is InChI=1S/C31H39BrN6O2/c1-3-28(39)38-15-14-37(19-22(38)10-12-33)29-24-9-11-31(16-21-6-4-8-26(32)25(21)17-31)18-27(24)34-30(35-29)40-20-23-7-5-13-36(23)2/h3-4,6,8,22-23,28,39H,1,5,7,9-11,13-20H2,2H3/t22-,23-,28?,31?/m0/s1. The first-order chi connectivity index (χ1) is 19.4. The van der Waals surface area contributed by atoms with Crippen LogP contribution in [0.4, 0.5) is 5.82 Å². The monoisotopic (exact) mass is 606 g/mol. The van der Waals surface area contributed by atoms with Crippen LogP contribution in [0.25, 0.3) is 0 Å². The Hall–Kier alpha value is -2.51. The van der Waals surface area contributed by atoms with E-state index in [1.165, 1.54) is 33.7 Å². The number of halogens is 1. The summed E-state index contributed by atoms with van der Waals surface area (Å²) in [6.07, 6.45) is 8.52. The van der Waals surface area contributed by atoms with Crippen LogP contribution in [0.5, 0.6) is 6.01 Å². The van der Waals surface area contributed by atoms with Gasteiger partial charge in [-0.1, -0.05) is 34.6 Å². The number of aromatic nitrogens is 2. The first-order valence-corrected chi connectivity index (χ1v) is 15.4. The number of fused-ring (bicyclic) bond motifs is 2. The quantitative estimate of drug-likeness (QED) is 0.475. The Kier molecular flexibility index (Phi) is 7.88. The van der Waals surface area contributed by atoms with Gasteiger partial charge in [-0.25, -0.2) is 0 Å². The predicted octanol–water partition coefficient (Wildman–Crippen LogP) is 3.89. The number of hydrogen-bond donors (Lipinski definition) is 1. The molecule has 2 unspecified atom stereocenters. The number of hydrogen-bond acceptors (Lipinski definition) is 8. The van der Waals surface area contributed by atoms with Crippen molar-refractivity contribution in [2.75, 3.05) is 44.7 Å². The number of nitrogens with zero attached hydrogens (tertiary/aromatic N) is 6. The van der Waals surface area contributed by atoms with Gasteiger partial charge in [0.1, 0.15) is 18.7 Å². The molecule has 0 bridgehead atoms. The number of likely N-dealkylation sites (N-methyl/N-ethyl adjacent to an activating group) is 1. The van der Waals surface area contributed by atoms with Gasteiger partial charge in [0, 0.05) is 41.8 Å². The lowest BCUT2D eigenvalue weighted by Crippen LogP contribution is -2.56. The van der Waals surface area contributed by atoms with Crippen LogP contribution in [0.15, 0.2) is 35.3 Å². The molecule has 1 spiro atoms. The summed E-state index contributed by atoms with van der Waals surface area (Å²) >= 11 is 3.79. The topological polar surface area (TPSA) is 88.8 Å². The van der Waals surface area contributed by atoms with Gasteiger partial charge in [0.25, 0.3) is 0 Å². The molecule has 2 fully saturated rings. The highest BCUT2D eigenvalue weighted by Gasteiger charge is 2.43. The Morgan fingerprint density at radius 3 is 2.85 bits per heavy atom. The Labute approximate surface area is 245 Å². The molecule has 40 heavy (non-hydrogen) atoms. The van der Waals surface area contributed by atoms with Crippen molar-refractivity contribution in [2.45, 2.75) is 69.7 Å². The maximum Gasteiger partial charge on any atom is 0.318 e. The van der Waals surface area contributed by atoms with Gasteiger partial charge in [-0.05, 0) is 87.2 Å². The van der Waals surface area contributed by atoms with Gasteiger partial charge in [-0.3, -0.25) is 4.90 Å². The van der Waals surface area contributed by atoms with E-state index >= 15 is 0 Å². The third kappa shape index (κ3) is 5.27. The van der Waals surface area contributed by atoms with E-state index in [9.17, 15) is 10.4 Å². The van der Waals surface area contributed by atoms with Crippen LogP contribution in [-0.2, 0) is 25.7 Å². The first kappa shape index (κ1) is 27.6. The minimum atomic E-state index is -0.759. The minimum absolute atomic E-state index is 0.106. The molecule has 212 valence electrons. The molecule has 0 saturated carbocycles. The van der Waals surface area contributed by atoms with E-state index in [4.69, 9.17) is 14.7 Å². The lowest BCUT2D eigenvalue weighted by atomic mass is 9.71. The van der Waals surface area contributed by atoms with E-state index in [0.29, 0.717) is 44.7 Å². The summed E-state index contributed by atoms with van der Waals surface area (Å²) in [7, 11) is 2.16. The summed E-state index contributed by atoms with van der Waals surface area (Å²) in [5, 5.41) is 20.0. The highest BCUT2D eigenvalue weighted by atomic mass is 79.9. The van der Waals surface area contributed by atoms with Crippen LogP contribution in [0.3, 0.4) is 0 Å². The van der Waals surface area contributed by atoms with E-state index in [1.54, 1.807) is 0 Å². The molecule has 1 aromatic heterocycles. The largest absolute Gasteiger partial charge is 0.462 e. The lowest BCUT2D eigenvalue weighted by molar-refractivity contribution is 0.00429. The fourth-order valence-corrected chi connectivity index (χ4v) is 7.91. The molecule has 1 aromatic carbocycles. The molecule has 8 nitrogen and oxygen atoms in total. The molecule has 0 radical (unpaired) electrons. The van der Waals surface area contributed by atoms with E-state index < -0.39 is 6.23 Å². The fourth-order valence-electron chi connectivity index (χ4n) is 7.36. The lowest BCUT2D eigenvalue weighted by Gasteiger charge is -2.44. The van der Waals surface area contributed by atoms with Crippen LogP contribution >= 0.6 is 15.9 Å². The third-order valence-electron chi connectivity index (χ3n) is 9.61. The Balaban J connectivity index is 1.31. The number of nitriles is 1. The van der Waals surface area contributed by atoms with Crippen LogP contribution in [0, 0.1) is 16.7 Å². The van der Waals surface area contributed by atoms with Crippen LogP contribution < -0.4 is 9.64 Å². The zero-order chi connectivity index (χ0) is 27.9. The highest BCUT2D eigenvalue weighted by Crippen LogP contribution is 2.49. The summed E-state index contributed by atoms with van der Waals surface area (Å²) in [6.45, 7) is 7.42. The smallest absolute Gasteiger partial charge is 0.318 e. The fraction of sp³-hybridized carbons (Fsp3) is 0.581. The van der Waals surface area contributed by atoms with Crippen molar-refractivity contribution in [2.24, 2.45) is 5.41 Å². The van der Waals surface area contributed by atoms with Gasteiger partial charge >= 0.3 is 6.01 Å². The van der Waals surface area contributed by atoms with Crippen molar-refractivity contribution in [1.29, 1.82) is 5.26 Å². The third-order valence-corrected chi connectivity index (χ3v) is 10.4. The number of rotatable bonds is 7. The summed E-state index contributed by atoms with van der Waals surface area (Å²) in [5.41, 5.74) is 5.39. The molecule has 0 amide bonds. The maximum absolute atomic E-state index is 10.5. The number of likely N-dealkylation sites (tertiary alicyclic amines) is 1. The number of benzene rings is 1. The number of aliphatic hydroxyl groups is 1. The van der Waals surface area contributed by atoms with Crippen molar-refractivity contribution in [3.05, 3.63) is 57.7 Å². The molecule has 2 aliphatic carbocycles. The molecule has 2 saturated heterocycles. The minimum Gasteiger partial charge on any atom is -0.462 e. The molecule has 4 atom stereocenters. The maximum atomic E-state index is 10.5. The molecular formula is C31H39BrN6O2. The van der Waals surface area contributed by atoms with Crippen molar-refractivity contribution in [3.8, 4) is 12.1 Å². The SMILES string of the molecule is C=CC(O)N1CCN(c2nc(OC[C@@H]3CCCN3C)nc3c2CCC2(Cc4cccc(Br)c4C2)C3)C[C@@H]1CC#N. The van der Waals surface area contributed by atoms with Crippen molar-refractivity contribution < 1.29 is 9.84 Å². The average Bonchev–Trinajstić information content (AvgIpc) is 3.54. The van der Waals surface area contributed by atoms with Gasteiger partial charge in [0.15, 0.2) is 0 Å². The van der Waals surface area contributed by atoms with Gasteiger partial charge in [0.2, 0.25) is 0 Å². The zero-order valence-corrected chi connectivity index (χ0v) is 24.9. The second kappa shape index (κ2) is 11.4. The van der Waals surface area contributed by atoms with Crippen molar-refractivity contribution >= 4 is 21.7 Å². The number of piperazine rings is 1. The van der Waals surface area contributed by atoms with Crippen LogP contribution in [0.2, 0.25) is 0 Å². The second-order valence-electron chi connectivity index (χ2n) is 12.1. The van der Waals surface area contributed by atoms with E-state index in [0.717, 1.165) is 56.6 Å². The Bertz CT molecular complexity index is 1310. The summed E-state index contributed by atoms with van der Waals surface area (Å²) in [4.78, 5) is 16.7. The number of ether oxygens (including phenoxy) is 1. The molecule has 2 aliphatic heterocycles. The number of anilines is 1. The molecule has 9 heteroatoms. The van der Waals surface area contributed by atoms with E-state index in [2.05, 4.69) is 63.6 Å². The molecule has 4 aliphatic rings. The van der Waals surface area contributed by atoms with Crippen molar-refractivity contribution in [3.63, 3.8) is 0 Å². The molecule has 6 rings (SSSR count). The summed E-state index contributed by atoms with van der Waals surface area (Å²) < 4.78 is 7.54. The number of aliphatic hydroxyl groups excluding tert-OH is 1. The Morgan fingerprint density at radius 2 is 2.10 bits per heavy atom. The molecule has 3 heterocycles. The van der Waals surface area contributed by atoms with Gasteiger partial charge < -0.3 is 19.6 Å². The van der Waals surface area contributed by atoms with Crippen LogP contribution in [0.1, 0.15) is 48.1 Å². The predicted molar refractivity (Wildman–Crippen MR) is 158 cm³/mol. The second-order valence-corrected chi connectivity index (χ2v) is 13.0. The van der Waals surface area contributed by atoms with Crippen LogP contribution in [-0.4, -0.2) is 83.0 Å². The normalized spacial score (nSPS) is 27.3. The first-order valence-electron chi connectivity index (χ1n) is 14.6. The molecule has 1 N–H and O–H groups in total. The summed E-state index contributed by atoms with van der Waals surface area (Å²) in [5.74, 6) is 0.946. The average molecular weight is 608 g/mol. The zero-order valence-electron chi connectivity index (χ0n) is 23.4.